The molecule has 0 aromatic heterocycles. The van der Waals surface area contributed by atoms with Crippen LogP contribution in [0.25, 0.3) is 0 Å². The van der Waals surface area contributed by atoms with Crippen LogP contribution >= 0.6 is 7.60 Å². The van der Waals surface area contributed by atoms with Crippen LogP contribution in [0.2, 0.25) is 0 Å². The van der Waals surface area contributed by atoms with Gasteiger partial charge in [0.05, 0.1) is 56.4 Å². The molecular formula is C13H28NO8P. The first-order valence-corrected chi connectivity index (χ1v) is 9.48. The van der Waals surface area contributed by atoms with Crippen molar-refractivity contribution >= 4 is 7.60 Å². The molecule has 9 nitrogen and oxygen atoms in total. The summed E-state index contributed by atoms with van der Waals surface area (Å²) >= 11 is 0. The Morgan fingerprint density at radius 1 is 1.13 bits per heavy atom. The van der Waals surface area contributed by atoms with Crippen LogP contribution in [0, 0.1) is 0 Å². The van der Waals surface area contributed by atoms with Gasteiger partial charge in [-0.25, -0.2) is 0 Å². The molecule has 0 bridgehead atoms. The summed E-state index contributed by atoms with van der Waals surface area (Å²) in [4.78, 5) is 0. The second-order valence-corrected chi connectivity index (χ2v) is 7.65. The fraction of sp³-hybridized carbons (Fsp3) is 1.00. The summed E-state index contributed by atoms with van der Waals surface area (Å²) in [7, 11) is -3.42. The molecule has 0 aliphatic carbocycles. The van der Waals surface area contributed by atoms with E-state index in [-0.39, 0.29) is 25.8 Å². The lowest BCUT2D eigenvalue weighted by Crippen LogP contribution is -2.45. The van der Waals surface area contributed by atoms with Crippen molar-refractivity contribution in [3.63, 3.8) is 0 Å². The first-order valence-electron chi connectivity index (χ1n) is 7.75. The third-order valence-electron chi connectivity index (χ3n) is 3.75. The zero-order chi connectivity index (χ0) is 17.6. The van der Waals surface area contributed by atoms with Crippen LogP contribution < -0.4 is 5.32 Å². The lowest BCUT2D eigenvalue weighted by Gasteiger charge is -2.23. The van der Waals surface area contributed by atoms with Crippen LogP contribution in [0.5, 0.6) is 0 Å². The largest absolute Gasteiger partial charge is 0.394 e. The molecule has 0 spiro atoms. The molecule has 0 radical (unpaired) electrons. The van der Waals surface area contributed by atoms with Gasteiger partial charge in [0.15, 0.2) is 0 Å². The normalized spacial score (nSPS) is 31.3. The standard InChI is InChI=1S/C13H28NO8P/c1-3-21-23(20,22-4-2)7-8(16)5-9-12(18)13(19)11(14-9)10(17)6-15/h8-19H,3-7H2,1-2H3/t8-,9-,10+,11-,12-,13-/m0/s1. The van der Waals surface area contributed by atoms with Crippen LogP contribution in [-0.2, 0) is 13.6 Å². The number of aliphatic hydroxyl groups excluding tert-OH is 5. The number of nitrogens with one attached hydrogen (secondary N) is 1. The van der Waals surface area contributed by atoms with Crippen LogP contribution in [0.1, 0.15) is 20.3 Å². The van der Waals surface area contributed by atoms with Gasteiger partial charge >= 0.3 is 7.60 Å². The number of rotatable bonds is 10. The van der Waals surface area contributed by atoms with E-state index in [0.29, 0.717) is 0 Å². The van der Waals surface area contributed by atoms with Gasteiger partial charge < -0.3 is 39.9 Å². The molecule has 0 aromatic carbocycles. The summed E-state index contributed by atoms with van der Waals surface area (Å²) in [6.45, 7) is 3.12. The number of hydrogen-bond acceptors (Lipinski definition) is 9. The maximum absolute atomic E-state index is 12.4. The molecule has 0 aromatic rings. The van der Waals surface area contributed by atoms with Gasteiger partial charge in [0.1, 0.15) is 0 Å². The van der Waals surface area contributed by atoms with Crippen molar-refractivity contribution in [2.24, 2.45) is 0 Å². The second kappa shape index (κ2) is 9.41. The molecule has 0 unspecified atom stereocenters. The summed E-state index contributed by atoms with van der Waals surface area (Å²) in [5.41, 5.74) is 0. The average molecular weight is 357 g/mol. The third kappa shape index (κ3) is 5.74. The van der Waals surface area contributed by atoms with E-state index < -0.39 is 50.7 Å². The average Bonchev–Trinajstić information content (AvgIpc) is 2.75. The Kier molecular flexibility index (Phi) is 8.57. The predicted octanol–water partition coefficient (Wildman–Crippen LogP) is -1.58. The Bertz CT molecular complexity index is 388. The molecule has 1 saturated heterocycles. The predicted molar refractivity (Wildman–Crippen MR) is 82.2 cm³/mol. The van der Waals surface area contributed by atoms with Crippen molar-refractivity contribution in [2.45, 2.75) is 56.8 Å². The summed E-state index contributed by atoms with van der Waals surface area (Å²) < 4.78 is 22.5. The highest BCUT2D eigenvalue weighted by Crippen LogP contribution is 2.48. The molecule has 6 atom stereocenters. The van der Waals surface area contributed by atoms with E-state index in [1.165, 1.54) is 0 Å². The molecule has 0 amide bonds. The molecule has 1 aliphatic rings. The smallest absolute Gasteiger partial charge is 0.333 e. The van der Waals surface area contributed by atoms with Gasteiger partial charge in [-0.3, -0.25) is 4.57 Å². The summed E-state index contributed by atoms with van der Waals surface area (Å²) in [5.74, 6) is 0. The van der Waals surface area contributed by atoms with E-state index in [2.05, 4.69) is 5.32 Å². The molecule has 1 rings (SSSR count). The van der Waals surface area contributed by atoms with Crippen molar-refractivity contribution in [3.05, 3.63) is 0 Å². The SMILES string of the molecule is CCOP(=O)(C[C@@H](O)C[C@@H]1N[C@@H]([C@H](O)CO)[C@H](O)[C@H]1O)OCC. The minimum absolute atomic E-state index is 0.0169. The highest BCUT2D eigenvalue weighted by atomic mass is 31.2. The molecule has 6 N–H and O–H groups in total. The van der Waals surface area contributed by atoms with Gasteiger partial charge in [-0.05, 0) is 20.3 Å². The highest BCUT2D eigenvalue weighted by molar-refractivity contribution is 7.53. The fourth-order valence-electron chi connectivity index (χ4n) is 2.72. The Hall–Kier alpha value is -0.0900. The molecule has 0 saturated carbocycles. The van der Waals surface area contributed by atoms with E-state index in [9.17, 15) is 25.0 Å². The second-order valence-electron chi connectivity index (χ2n) is 5.55. The summed E-state index contributed by atoms with van der Waals surface area (Å²) in [5, 5.41) is 51.3. The Morgan fingerprint density at radius 3 is 2.17 bits per heavy atom. The topological polar surface area (TPSA) is 149 Å². The van der Waals surface area contributed by atoms with Gasteiger partial charge in [-0.1, -0.05) is 0 Å². The molecule has 1 heterocycles. The van der Waals surface area contributed by atoms with Crippen molar-refractivity contribution in [1.29, 1.82) is 0 Å². The van der Waals surface area contributed by atoms with Crippen molar-refractivity contribution in [3.8, 4) is 0 Å². The number of aliphatic hydroxyl groups is 5. The molecule has 1 fully saturated rings. The van der Waals surface area contributed by atoms with E-state index >= 15 is 0 Å². The minimum Gasteiger partial charge on any atom is -0.394 e. The quantitative estimate of drug-likeness (QED) is 0.255. The monoisotopic (exact) mass is 357 g/mol. The molecule has 23 heavy (non-hydrogen) atoms. The maximum atomic E-state index is 12.4. The minimum atomic E-state index is -3.42. The van der Waals surface area contributed by atoms with Gasteiger partial charge in [0.25, 0.3) is 0 Å². The Balaban J connectivity index is 2.63. The van der Waals surface area contributed by atoms with Crippen molar-refractivity contribution in [1.82, 2.24) is 5.32 Å². The third-order valence-corrected chi connectivity index (χ3v) is 5.92. The van der Waals surface area contributed by atoms with Crippen molar-refractivity contribution < 1.29 is 39.1 Å². The van der Waals surface area contributed by atoms with Crippen LogP contribution in [-0.4, -0.2) is 88.0 Å². The molecule has 10 heteroatoms. The van der Waals surface area contributed by atoms with Crippen LogP contribution in [0.4, 0.5) is 0 Å². The van der Waals surface area contributed by atoms with Crippen molar-refractivity contribution in [2.75, 3.05) is 26.0 Å². The summed E-state index contributed by atoms with van der Waals surface area (Å²) in [6, 6.07) is -1.62. The fourth-order valence-corrected chi connectivity index (χ4v) is 4.45. The van der Waals surface area contributed by atoms with Gasteiger partial charge in [-0.2, -0.15) is 0 Å². The van der Waals surface area contributed by atoms with Crippen LogP contribution in [0.3, 0.4) is 0 Å². The van der Waals surface area contributed by atoms with E-state index in [4.69, 9.17) is 14.2 Å². The Labute approximate surface area is 135 Å². The molecular weight excluding hydrogens is 329 g/mol. The van der Waals surface area contributed by atoms with Gasteiger partial charge in [0.2, 0.25) is 0 Å². The lowest BCUT2D eigenvalue weighted by molar-refractivity contribution is -0.0146. The highest BCUT2D eigenvalue weighted by Gasteiger charge is 2.45. The first-order chi connectivity index (χ1) is 10.8. The summed E-state index contributed by atoms with van der Waals surface area (Å²) in [6.07, 6.45) is -5.09. The van der Waals surface area contributed by atoms with Gasteiger partial charge in [-0.15, -0.1) is 0 Å². The number of hydrogen-bond donors (Lipinski definition) is 6. The van der Waals surface area contributed by atoms with E-state index in [0.717, 1.165) is 0 Å². The molecule has 1 aliphatic heterocycles. The van der Waals surface area contributed by atoms with E-state index in [1.807, 2.05) is 0 Å². The van der Waals surface area contributed by atoms with E-state index in [1.54, 1.807) is 13.8 Å². The first kappa shape index (κ1) is 21.0. The van der Waals surface area contributed by atoms with Gasteiger partial charge in [0, 0.05) is 6.04 Å². The zero-order valence-electron chi connectivity index (χ0n) is 13.4. The molecule has 138 valence electrons. The van der Waals surface area contributed by atoms with Crippen LogP contribution in [0.15, 0.2) is 0 Å². The zero-order valence-corrected chi connectivity index (χ0v) is 14.3. The lowest BCUT2D eigenvalue weighted by atomic mass is 10.0. The Morgan fingerprint density at radius 2 is 1.70 bits per heavy atom. The maximum Gasteiger partial charge on any atom is 0.333 e.